The number of hydrogen-bond acceptors (Lipinski definition) is 7. The number of pyridine rings is 1. The molecule has 9 heteroatoms. The first-order chi connectivity index (χ1) is 14.7. The van der Waals surface area contributed by atoms with Gasteiger partial charge in [0.1, 0.15) is 5.82 Å². The Kier molecular flexibility index (Phi) is 4.88. The third-order valence-electron chi connectivity index (χ3n) is 5.54. The molecule has 2 saturated heterocycles. The quantitative estimate of drug-likeness (QED) is 0.819. The Balaban J connectivity index is 1.22. The molecular weight excluding hydrogens is 388 g/mol. The number of aromatic nitrogens is 1. The zero-order chi connectivity index (χ0) is 20.5. The number of nitrogens with one attached hydrogen (secondary N) is 1. The van der Waals surface area contributed by atoms with E-state index in [4.69, 9.17) is 14.2 Å². The lowest BCUT2D eigenvalue weighted by molar-refractivity contribution is -0.122. The summed E-state index contributed by atoms with van der Waals surface area (Å²) in [6, 6.07) is 9.07. The topological polar surface area (TPSA) is 93.2 Å². The normalized spacial score (nSPS) is 20.5. The van der Waals surface area contributed by atoms with Crippen molar-refractivity contribution in [2.75, 3.05) is 54.8 Å². The number of fused-ring (bicyclic) bond motifs is 1. The maximum absolute atomic E-state index is 12.7. The molecule has 1 aromatic carbocycles. The van der Waals surface area contributed by atoms with E-state index in [1.165, 1.54) is 0 Å². The first kappa shape index (κ1) is 18.7. The van der Waals surface area contributed by atoms with Gasteiger partial charge in [-0.25, -0.2) is 4.98 Å². The number of benzene rings is 1. The Morgan fingerprint density at radius 1 is 1.07 bits per heavy atom. The van der Waals surface area contributed by atoms with Crippen LogP contribution in [0.15, 0.2) is 36.5 Å². The number of morpholine rings is 1. The summed E-state index contributed by atoms with van der Waals surface area (Å²) in [6.07, 6.45) is 1.91. The number of rotatable bonds is 4. The number of ether oxygens (including phenoxy) is 3. The minimum absolute atomic E-state index is 0.0929. The second-order valence-electron chi connectivity index (χ2n) is 7.43. The Morgan fingerprint density at radius 2 is 1.87 bits per heavy atom. The molecule has 30 heavy (non-hydrogen) atoms. The molecule has 5 rings (SSSR count). The van der Waals surface area contributed by atoms with E-state index in [-0.39, 0.29) is 25.0 Å². The molecular formula is C21H22N4O5. The summed E-state index contributed by atoms with van der Waals surface area (Å²) in [6.45, 7) is 3.55. The first-order valence-corrected chi connectivity index (χ1v) is 9.97. The molecule has 0 aliphatic carbocycles. The second kappa shape index (κ2) is 7.83. The zero-order valence-corrected chi connectivity index (χ0v) is 16.4. The highest BCUT2D eigenvalue weighted by molar-refractivity contribution is 6.03. The van der Waals surface area contributed by atoms with Crippen LogP contribution in [0.4, 0.5) is 17.2 Å². The number of carbonyl (C=O) groups is 2. The van der Waals surface area contributed by atoms with Gasteiger partial charge in [-0.15, -0.1) is 0 Å². The zero-order valence-electron chi connectivity index (χ0n) is 16.4. The molecule has 0 bridgehead atoms. The van der Waals surface area contributed by atoms with Crippen molar-refractivity contribution >= 4 is 29.0 Å². The van der Waals surface area contributed by atoms with Gasteiger partial charge >= 0.3 is 0 Å². The van der Waals surface area contributed by atoms with Crippen LogP contribution >= 0.6 is 0 Å². The maximum Gasteiger partial charge on any atom is 0.231 e. The number of amides is 2. The highest BCUT2D eigenvalue weighted by Crippen LogP contribution is 2.37. The molecule has 4 heterocycles. The summed E-state index contributed by atoms with van der Waals surface area (Å²) in [4.78, 5) is 33.4. The van der Waals surface area contributed by atoms with Crippen LogP contribution in [0.2, 0.25) is 0 Å². The van der Waals surface area contributed by atoms with Gasteiger partial charge in [0.15, 0.2) is 11.5 Å². The van der Waals surface area contributed by atoms with E-state index >= 15 is 0 Å². The molecule has 9 nitrogen and oxygen atoms in total. The summed E-state index contributed by atoms with van der Waals surface area (Å²) < 4.78 is 16.1. The molecule has 0 saturated carbocycles. The monoisotopic (exact) mass is 410 g/mol. The molecule has 0 spiro atoms. The van der Waals surface area contributed by atoms with Crippen molar-refractivity contribution in [2.24, 2.45) is 5.92 Å². The minimum Gasteiger partial charge on any atom is -0.454 e. The molecule has 156 valence electrons. The molecule has 1 aromatic heterocycles. The predicted octanol–water partition coefficient (Wildman–Crippen LogP) is 1.64. The Bertz CT molecular complexity index is 958. The molecule has 3 aliphatic heterocycles. The van der Waals surface area contributed by atoms with Gasteiger partial charge in [0, 0.05) is 37.8 Å². The van der Waals surface area contributed by atoms with Crippen LogP contribution in [0.3, 0.4) is 0 Å². The van der Waals surface area contributed by atoms with Crippen LogP contribution < -0.4 is 24.6 Å². The predicted molar refractivity (Wildman–Crippen MR) is 109 cm³/mol. The third-order valence-corrected chi connectivity index (χ3v) is 5.54. The highest BCUT2D eigenvalue weighted by atomic mass is 16.7. The van der Waals surface area contributed by atoms with Gasteiger partial charge in [0.2, 0.25) is 18.6 Å². The van der Waals surface area contributed by atoms with Gasteiger partial charge in [-0.2, -0.15) is 0 Å². The molecule has 0 radical (unpaired) electrons. The van der Waals surface area contributed by atoms with Crippen molar-refractivity contribution in [3.63, 3.8) is 0 Å². The standard InChI is InChI=1S/C21H22N4O5/c26-20-9-14(12-25(20)15-1-3-17-18(10-15)30-13-29-17)21(27)23-19-4-2-16(11-22-19)24-5-7-28-8-6-24/h1-4,10-11,14H,5-9,12-13H2,(H,22,23,27). The van der Waals surface area contributed by atoms with E-state index in [0.717, 1.165) is 18.8 Å². The number of carbonyl (C=O) groups excluding carboxylic acids is 2. The highest BCUT2D eigenvalue weighted by Gasteiger charge is 2.36. The summed E-state index contributed by atoms with van der Waals surface area (Å²) in [5, 5.41) is 2.83. The largest absolute Gasteiger partial charge is 0.454 e. The average molecular weight is 410 g/mol. The second-order valence-corrected chi connectivity index (χ2v) is 7.43. The molecule has 1 atom stereocenters. The van der Waals surface area contributed by atoms with Crippen LogP contribution in [0, 0.1) is 5.92 Å². The van der Waals surface area contributed by atoms with Gasteiger partial charge < -0.3 is 29.3 Å². The lowest BCUT2D eigenvalue weighted by Gasteiger charge is -2.28. The molecule has 2 amide bonds. The Labute approximate surface area is 173 Å². The first-order valence-electron chi connectivity index (χ1n) is 9.97. The van der Waals surface area contributed by atoms with E-state index in [2.05, 4.69) is 15.2 Å². The van der Waals surface area contributed by atoms with Crippen molar-refractivity contribution in [1.82, 2.24) is 4.98 Å². The Morgan fingerprint density at radius 3 is 2.67 bits per heavy atom. The van der Waals surface area contributed by atoms with Crippen molar-refractivity contribution in [3.05, 3.63) is 36.5 Å². The van der Waals surface area contributed by atoms with Gasteiger partial charge in [-0.05, 0) is 24.3 Å². The summed E-state index contributed by atoms with van der Waals surface area (Å²) >= 11 is 0. The van der Waals surface area contributed by atoms with Crippen LogP contribution in [0.25, 0.3) is 0 Å². The van der Waals surface area contributed by atoms with Gasteiger partial charge in [-0.1, -0.05) is 0 Å². The van der Waals surface area contributed by atoms with Crippen molar-refractivity contribution in [3.8, 4) is 11.5 Å². The SMILES string of the molecule is O=C(Nc1ccc(N2CCOCC2)cn1)C1CC(=O)N(c2ccc3c(c2)OCO3)C1. The van der Waals surface area contributed by atoms with E-state index in [1.54, 1.807) is 35.4 Å². The van der Waals surface area contributed by atoms with Crippen LogP contribution in [-0.4, -0.2) is 56.4 Å². The fourth-order valence-corrected chi connectivity index (χ4v) is 3.88. The fraction of sp³-hybridized carbons (Fsp3) is 0.381. The summed E-state index contributed by atoms with van der Waals surface area (Å²) in [5.41, 5.74) is 1.70. The molecule has 1 N–H and O–H groups in total. The Hall–Kier alpha value is -3.33. The van der Waals surface area contributed by atoms with Crippen molar-refractivity contribution < 1.29 is 23.8 Å². The lowest BCUT2D eigenvalue weighted by atomic mass is 10.1. The number of nitrogens with zero attached hydrogens (tertiary/aromatic N) is 3. The molecule has 2 aromatic rings. The van der Waals surface area contributed by atoms with Crippen LogP contribution in [-0.2, 0) is 14.3 Å². The number of anilines is 3. The lowest BCUT2D eigenvalue weighted by Crippen LogP contribution is -2.36. The van der Waals surface area contributed by atoms with Crippen LogP contribution in [0.5, 0.6) is 11.5 Å². The van der Waals surface area contributed by atoms with E-state index < -0.39 is 5.92 Å². The van der Waals surface area contributed by atoms with E-state index in [0.29, 0.717) is 42.8 Å². The fourth-order valence-electron chi connectivity index (χ4n) is 3.88. The minimum atomic E-state index is -0.441. The van der Waals surface area contributed by atoms with Crippen molar-refractivity contribution in [1.29, 1.82) is 0 Å². The molecule has 1 unspecified atom stereocenters. The summed E-state index contributed by atoms with van der Waals surface area (Å²) in [5.74, 6) is 1.00. The number of hydrogen-bond donors (Lipinski definition) is 1. The van der Waals surface area contributed by atoms with Crippen molar-refractivity contribution in [2.45, 2.75) is 6.42 Å². The maximum atomic E-state index is 12.7. The van der Waals surface area contributed by atoms with Gasteiger partial charge in [0.05, 0.1) is 31.0 Å². The van der Waals surface area contributed by atoms with Gasteiger partial charge in [-0.3, -0.25) is 9.59 Å². The average Bonchev–Trinajstić information content (AvgIpc) is 3.41. The van der Waals surface area contributed by atoms with Crippen LogP contribution in [0.1, 0.15) is 6.42 Å². The van der Waals surface area contributed by atoms with Gasteiger partial charge in [0.25, 0.3) is 0 Å². The smallest absolute Gasteiger partial charge is 0.231 e. The summed E-state index contributed by atoms with van der Waals surface area (Å²) in [7, 11) is 0. The third kappa shape index (κ3) is 3.63. The molecule has 2 fully saturated rings. The van der Waals surface area contributed by atoms with E-state index in [1.807, 2.05) is 6.07 Å². The molecule has 3 aliphatic rings. The van der Waals surface area contributed by atoms with E-state index in [9.17, 15) is 9.59 Å².